The van der Waals surface area contributed by atoms with Crippen molar-refractivity contribution in [1.82, 2.24) is 15.0 Å². The Morgan fingerprint density at radius 2 is 1.88 bits per heavy atom. The van der Waals surface area contributed by atoms with Crippen molar-refractivity contribution in [3.63, 3.8) is 0 Å². The minimum absolute atomic E-state index is 0.317. The molecule has 6 heteroatoms. The topological polar surface area (TPSA) is 69.2 Å². The van der Waals surface area contributed by atoms with E-state index >= 15 is 0 Å². The van der Waals surface area contributed by atoms with Crippen molar-refractivity contribution in [3.05, 3.63) is 0 Å². The third kappa shape index (κ3) is 3.72. The number of nitrogens with one attached hydrogen (secondary N) is 1. The fourth-order valence-corrected chi connectivity index (χ4v) is 1.25. The highest BCUT2D eigenvalue weighted by Crippen LogP contribution is 2.29. The van der Waals surface area contributed by atoms with Crippen LogP contribution in [0.2, 0.25) is 0 Å². The molecule has 0 saturated heterocycles. The van der Waals surface area contributed by atoms with Crippen LogP contribution in [0.4, 0.5) is 5.95 Å². The molecular weight excluding hydrogens is 220 g/mol. The maximum Gasteiger partial charge on any atom is 0.324 e. The lowest BCUT2D eigenvalue weighted by molar-refractivity contribution is 0.254. The van der Waals surface area contributed by atoms with E-state index in [1.807, 2.05) is 6.92 Å². The van der Waals surface area contributed by atoms with Gasteiger partial charge in [-0.2, -0.15) is 9.97 Å². The van der Waals surface area contributed by atoms with E-state index in [1.165, 1.54) is 12.8 Å². The van der Waals surface area contributed by atoms with Gasteiger partial charge in [0.25, 0.3) is 0 Å². The molecule has 1 heterocycles. The zero-order valence-electron chi connectivity index (χ0n) is 10.3. The summed E-state index contributed by atoms with van der Waals surface area (Å²) in [7, 11) is 1.75. The Balaban J connectivity index is 2.00. The van der Waals surface area contributed by atoms with Crippen molar-refractivity contribution >= 4 is 5.95 Å². The molecule has 0 unspecified atom stereocenters. The first kappa shape index (κ1) is 11.9. The van der Waals surface area contributed by atoms with Gasteiger partial charge in [0.2, 0.25) is 5.95 Å². The van der Waals surface area contributed by atoms with Gasteiger partial charge in [-0.3, -0.25) is 0 Å². The number of anilines is 1. The molecule has 94 valence electrons. The van der Waals surface area contributed by atoms with Gasteiger partial charge in [-0.15, -0.1) is 4.98 Å². The van der Waals surface area contributed by atoms with Gasteiger partial charge in [0.05, 0.1) is 13.2 Å². The van der Waals surface area contributed by atoms with Crippen molar-refractivity contribution in [2.45, 2.75) is 26.2 Å². The maximum absolute atomic E-state index is 5.51. The van der Waals surface area contributed by atoms with Crippen LogP contribution in [0.5, 0.6) is 12.0 Å². The van der Waals surface area contributed by atoms with Gasteiger partial charge in [-0.1, -0.05) is 6.92 Å². The molecule has 6 nitrogen and oxygen atoms in total. The Hall–Kier alpha value is -1.59. The monoisotopic (exact) mass is 238 g/mol. The highest BCUT2D eigenvalue weighted by atomic mass is 16.5. The van der Waals surface area contributed by atoms with Gasteiger partial charge < -0.3 is 14.8 Å². The Morgan fingerprint density at radius 3 is 2.47 bits per heavy atom. The summed E-state index contributed by atoms with van der Waals surface area (Å²) in [6.45, 7) is 3.31. The maximum atomic E-state index is 5.51. The fourth-order valence-electron chi connectivity index (χ4n) is 1.25. The summed E-state index contributed by atoms with van der Waals surface area (Å²) in [6, 6.07) is 0.652. The largest absolute Gasteiger partial charge is 0.463 e. The predicted octanol–water partition coefficient (Wildman–Crippen LogP) is 1.49. The summed E-state index contributed by atoms with van der Waals surface area (Å²) in [4.78, 5) is 12.3. The third-order valence-electron chi connectivity index (χ3n) is 2.40. The van der Waals surface area contributed by atoms with Crippen molar-refractivity contribution in [2.75, 3.05) is 25.6 Å². The van der Waals surface area contributed by atoms with E-state index in [1.54, 1.807) is 7.05 Å². The first-order valence-electron chi connectivity index (χ1n) is 6.01. The Bertz CT molecular complexity index is 368. The summed E-state index contributed by atoms with van der Waals surface area (Å²) in [5.41, 5.74) is 0. The zero-order valence-corrected chi connectivity index (χ0v) is 10.3. The highest BCUT2D eigenvalue weighted by Gasteiger charge is 2.22. The molecule has 17 heavy (non-hydrogen) atoms. The average Bonchev–Trinajstić information content (AvgIpc) is 3.17. The number of hydrogen-bond donors (Lipinski definition) is 1. The van der Waals surface area contributed by atoms with Gasteiger partial charge in [-0.25, -0.2) is 0 Å². The van der Waals surface area contributed by atoms with Crippen molar-refractivity contribution in [2.24, 2.45) is 5.92 Å². The standard InChI is InChI=1S/C11H18N4O2/c1-3-6-16-10-13-9(12-2)14-11(15-10)17-7-8-4-5-8/h8H,3-7H2,1-2H3,(H,12,13,14,15). The predicted molar refractivity (Wildman–Crippen MR) is 63.4 cm³/mol. The molecular formula is C11H18N4O2. The van der Waals surface area contributed by atoms with Crippen LogP contribution in [-0.4, -0.2) is 35.2 Å². The second kappa shape index (κ2) is 5.65. The number of ether oxygens (including phenoxy) is 2. The van der Waals surface area contributed by atoms with E-state index in [2.05, 4.69) is 20.3 Å². The minimum atomic E-state index is 0.317. The van der Waals surface area contributed by atoms with Crippen LogP contribution in [-0.2, 0) is 0 Å². The molecule has 0 aliphatic heterocycles. The highest BCUT2D eigenvalue weighted by molar-refractivity contribution is 5.26. The molecule has 2 rings (SSSR count). The summed E-state index contributed by atoms with van der Waals surface area (Å²) in [5.74, 6) is 1.14. The number of nitrogens with zero attached hydrogens (tertiary/aromatic N) is 3. The molecule has 0 bridgehead atoms. The van der Waals surface area contributed by atoms with Crippen LogP contribution in [0.25, 0.3) is 0 Å². The Kier molecular flexibility index (Phi) is 3.95. The number of hydrogen-bond acceptors (Lipinski definition) is 6. The van der Waals surface area contributed by atoms with Gasteiger partial charge in [-0.05, 0) is 25.2 Å². The van der Waals surface area contributed by atoms with Crippen LogP contribution in [0.15, 0.2) is 0 Å². The van der Waals surface area contributed by atoms with Crippen LogP contribution < -0.4 is 14.8 Å². The molecule has 1 aromatic rings. The Labute approximate surface area is 101 Å². The van der Waals surface area contributed by atoms with Crippen molar-refractivity contribution in [1.29, 1.82) is 0 Å². The number of rotatable bonds is 7. The van der Waals surface area contributed by atoms with Gasteiger partial charge >= 0.3 is 12.0 Å². The van der Waals surface area contributed by atoms with Gasteiger partial charge in [0.15, 0.2) is 0 Å². The van der Waals surface area contributed by atoms with Crippen molar-refractivity contribution in [3.8, 4) is 12.0 Å². The second-order valence-electron chi connectivity index (χ2n) is 4.08. The van der Waals surface area contributed by atoms with E-state index < -0.39 is 0 Å². The van der Waals surface area contributed by atoms with Gasteiger partial charge in [0, 0.05) is 7.05 Å². The van der Waals surface area contributed by atoms with E-state index in [-0.39, 0.29) is 0 Å². The smallest absolute Gasteiger partial charge is 0.324 e. The molecule has 0 atom stereocenters. The first-order chi connectivity index (χ1) is 8.31. The minimum Gasteiger partial charge on any atom is -0.463 e. The molecule has 0 radical (unpaired) electrons. The summed E-state index contributed by atoms with van der Waals surface area (Å²) in [5, 5.41) is 2.87. The third-order valence-corrected chi connectivity index (χ3v) is 2.40. The lowest BCUT2D eigenvalue weighted by Crippen LogP contribution is -2.09. The first-order valence-corrected chi connectivity index (χ1v) is 6.01. The summed E-state index contributed by atoms with van der Waals surface area (Å²) < 4.78 is 10.9. The van der Waals surface area contributed by atoms with Crippen molar-refractivity contribution < 1.29 is 9.47 Å². The summed E-state index contributed by atoms with van der Waals surface area (Å²) in [6.07, 6.45) is 3.39. The lowest BCUT2D eigenvalue weighted by atomic mass is 10.5. The van der Waals surface area contributed by atoms with E-state index in [4.69, 9.17) is 9.47 Å². The van der Waals surface area contributed by atoms with Crippen LogP contribution in [0.1, 0.15) is 26.2 Å². The average molecular weight is 238 g/mol. The molecule has 1 aromatic heterocycles. The molecule has 1 fully saturated rings. The van der Waals surface area contributed by atoms with E-state index in [9.17, 15) is 0 Å². The van der Waals surface area contributed by atoms with E-state index in [0.717, 1.165) is 6.42 Å². The van der Waals surface area contributed by atoms with Crippen LogP contribution >= 0.6 is 0 Å². The molecule has 1 aliphatic carbocycles. The number of aromatic nitrogens is 3. The normalized spacial score (nSPS) is 14.5. The van der Waals surface area contributed by atoms with Crippen LogP contribution in [0, 0.1) is 5.92 Å². The molecule has 0 aromatic carbocycles. The SMILES string of the molecule is CCCOc1nc(NC)nc(OCC2CC2)n1. The Morgan fingerprint density at radius 1 is 1.18 bits per heavy atom. The second-order valence-corrected chi connectivity index (χ2v) is 4.08. The molecule has 1 N–H and O–H groups in total. The summed E-state index contributed by atoms with van der Waals surface area (Å²) >= 11 is 0. The zero-order chi connectivity index (χ0) is 12.1. The molecule has 0 spiro atoms. The lowest BCUT2D eigenvalue weighted by Gasteiger charge is -2.07. The van der Waals surface area contributed by atoms with E-state index in [0.29, 0.717) is 37.1 Å². The van der Waals surface area contributed by atoms with Gasteiger partial charge in [0.1, 0.15) is 0 Å². The molecule has 1 aliphatic rings. The molecule has 1 saturated carbocycles. The van der Waals surface area contributed by atoms with Crippen LogP contribution in [0.3, 0.4) is 0 Å². The fraction of sp³-hybridized carbons (Fsp3) is 0.727. The quantitative estimate of drug-likeness (QED) is 0.776. The molecule has 0 amide bonds.